The Kier molecular flexibility index (Phi) is 7.84. The standard InChI is InChI=1S/C18H29N5O2S/c1-12(2)11-25-10-6-9-19-16(24)8-7-15-13(3)20-17-21-18(26-5)22-23(17)14(15)4/h12H,6-11H2,1-5H3,(H,19,24). The molecule has 1 N–H and O–H groups in total. The minimum absolute atomic E-state index is 0.0520. The van der Waals surface area contributed by atoms with Gasteiger partial charge in [0.2, 0.25) is 11.1 Å². The Bertz CT molecular complexity index is 745. The highest BCUT2D eigenvalue weighted by Gasteiger charge is 2.14. The van der Waals surface area contributed by atoms with E-state index in [0.29, 0.717) is 42.8 Å². The molecule has 0 aliphatic carbocycles. The van der Waals surface area contributed by atoms with Crippen molar-refractivity contribution in [3.8, 4) is 0 Å². The van der Waals surface area contributed by atoms with Crippen molar-refractivity contribution in [2.24, 2.45) is 5.92 Å². The lowest BCUT2D eigenvalue weighted by molar-refractivity contribution is -0.121. The second kappa shape index (κ2) is 9.87. The van der Waals surface area contributed by atoms with Crippen molar-refractivity contribution in [3.63, 3.8) is 0 Å². The largest absolute Gasteiger partial charge is 0.381 e. The molecule has 2 heterocycles. The molecule has 0 saturated heterocycles. The molecular formula is C18H29N5O2S. The summed E-state index contributed by atoms with van der Waals surface area (Å²) in [6.45, 7) is 10.3. The molecule has 1 amide bonds. The van der Waals surface area contributed by atoms with E-state index in [9.17, 15) is 4.79 Å². The molecule has 0 radical (unpaired) electrons. The minimum Gasteiger partial charge on any atom is -0.381 e. The summed E-state index contributed by atoms with van der Waals surface area (Å²) in [6, 6.07) is 0. The maximum absolute atomic E-state index is 12.1. The predicted molar refractivity (Wildman–Crippen MR) is 104 cm³/mol. The van der Waals surface area contributed by atoms with Crippen LogP contribution < -0.4 is 5.32 Å². The summed E-state index contributed by atoms with van der Waals surface area (Å²) in [5.74, 6) is 1.20. The zero-order chi connectivity index (χ0) is 19.1. The van der Waals surface area contributed by atoms with Gasteiger partial charge in [-0.2, -0.15) is 4.98 Å². The topological polar surface area (TPSA) is 81.4 Å². The van der Waals surface area contributed by atoms with Gasteiger partial charge < -0.3 is 10.1 Å². The average Bonchev–Trinajstić information content (AvgIpc) is 3.00. The van der Waals surface area contributed by atoms with Crippen LogP contribution in [-0.2, 0) is 16.0 Å². The number of thioether (sulfide) groups is 1. The summed E-state index contributed by atoms with van der Waals surface area (Å²) in [4.78, 5) is 21.0. The van der Waals surface area contributed by atoms with Crippen LogP contribution in [-0.4, -0.2) is 51.5 Å². The molecule has 7 nitrogen and oxygen atoms in total. The molecule has 0 bridgehead atoms. The van der Waals surface area contributed by atoms with E-state index in [1.165, 1.54) is 11.8 Å². The smallest absolute Gasteiger partial charge is 0.253 e. The van der Waals surface area contributed by atoms with Crippen molar-refractivity contribution < 1.29 is 9.53 Å². The summed E-state index contributed by atoms with van der Waals surface area (Å²) < 4.78 is 7.27. The van der Waals surface area contributed by atoms with E-state index >= 15 is 0 Å². The van der Waals surface area contributed by atoms with E-state index in [4.69, 9.17) is 4.74 Å². The SMILES string of the molecule is CSc1nc2nc(C)c(CCC(=O)NCCCOCC(C)C)c(C)n2n1. The van der Waals surface area contributed by atoms with Gasteiger partial charge in [-0.1, -0.05) is 25.6 Å². The summed E-state index contributed by atoms with van der Waals surface area (Å²) in [5, 5.41) is 8.10. The van der Waals surface area contributed by atoms with Gasteiger partial charge in [0, 0.05) is 37.6 Å². The van der Waals surface area contributed by atoms with Gasteiger partial charge in [0.05, 0.1) is 0 Å². The van der Waals surface area contributed by atoms with Crippen molar-refractivity contribution in [1.29, 1.82) is 0 Å². The molecule has 0 atom stereocenters. The number of hydrogen-bond acceptors (Lipinski definition) is 6. The van der Waals surface area contributed by atoms with Crippen molar-refractivity contribution in [3.05, 3.63) is 17.0 Å². The van der Waals surface area contributed by atoms with Crippen LogP contribution in [0.4, 0.5) is 0 Å². The summed E-state index contributed by atoms with van der Waals surface area (Å²) in [6.07, 6.45) is 3.85. The molecule has 0 spiro atoms. The first-order chi connectivity index (χ1) is 12.4. The van der Waals surface area contributed by atoms with Gasteiger partial charge in [-0.05, 0) is 44.4 Å². The first-order valence-electron chi connectivity index (χ1n) is 9.03. The average molecular weight is 380 g/mol. The molecule has 0 saturated carbocycles. The second-order valence-electron chi connectivity index (χ2n) is 6.74. The number of nitrogens with one attached hydrogen (secondary N) is 1. The number of ether oxygens (including phenoxy) is 1. The zero-order valence-electron chi connectivity index (χ0n) is 16.3. The Morgan fingerprint density at radius 3 is 2.77 bits per heavy atom. The number of rotatable bonds is 10. The number of carbonyl (C=O) groups is 1. The van der Waals surface area contributed by atoms with Crippen LogP contribution in [0.2, 0.25) is 0 Å². The third-order valence-electron chi connectivity index (χ3n) is 4.05. The molecule has 0 unspecified atom stereocenters. The van der Waals surface area contributed by atoms with E-state index in [-0.39, 0.29) is 5.91 Å². The number of amides is 1. The number of nitrogens with zero attached hydrogens (tertiary/aromatic N) is 4. The molecule has 2 aromatic rings. The molecule has 0 fully saturated rings. The van der Waals surface area contributed by atoms with Gasteiger partial charge in [0.1, 0.15) is 0 Å². The fraction of sp³-hybridized carbons (Fsp3) is 0.667. The van der Waals surface area contributed by atoms with E-state index in [2.05, 4.69) is 34.2 Å². The van der Waals surface area contributed by atoms with Gasteiger partial charge in [-0.25, -0.2) is 9.50 Å². The van der Waals surface area contributed by atoms with Gasteiger partial charge in [0.15, 0.2) is 0 Å². The highest BCUT2D eigenvalue weighted by molar-refractivity contribution is 7.98. The molecular weight excluding hydrogens is 350 g/mol. The predicted octanol–water partition coefficient (Wildman–Crippen LogP) is 2.57. The maximum atomic E-state index is 12.1. The Morgan fingerprint density at radius 2 is 2.08 bits per heavy atom. The number of aromatic nitrogens is 4. The van der Waals surface area contributed by atoms with E-state index in [1.807, 2.05) is 20.1 Å². The first kappa shape index (κ1) is 20.6. The lowest BCUT2D eigenvalue weighted by Gasteiger charge is -2.11. The fourth-order valence-electron chi connectivity index (χ4n) is 2.69. The summed E-state index contributed by atoms with van der Waals surface area (Å²) in [5.41, 5.74) is 2.96. The highest BCUT2D eigenvalue weighted by Crippen LogP contribution is 2.17. The van der Waals surface area contributed by atoms with Crippen LogP contribution in [0.25, 0.3) is 5.78 Å². The van der Waals surface area contributed by atoms with Gasteiger partial charge in [-0.3, -0.25) is 4.79 Å². The number of aryl methyl sites for hydroxylation is 2. The van der Waals surface area contributed by atoms with E-state index in [0.717, 1.165) is 30.0 Å². The lowest BCUT2D eigenvalue weighted by Crippen LogP contribution is -2.26. The molecule has 0 aromatic carbocycles. The van der Waals surface area contributed by atoms with Crippen LogP contribution in [0, 0.1) is 19.8 Å². The number of hydrogen-bond donors (Lipinski definition) is 1. The molecule has 0 aliphatic rings. The molecule has 2 rings (SSSR count). The monoisotopic (exact) mass is 379 g/mol. The summed E-state index contributed by atoms with van der Waals surface area (Å²) in [7, 11) is 0. The van der Waals surface area contributed by atoms with Gasteiger partial charge in [0.25, 0.3) is 5.78 Å². The number of carbonyl (C=O) groups excluding carboxylic acids is 1. The van der Waals surface area contributed by atoms with Crippen LogP contribution in [0.1, 0.15) is 43.6 Å². The van der Waals surface area contributed by atoms with Crippen LogP contribution in [0.15, 0.2) is 5.16 Å². The fourth-order valence-corrected chi connectivity index (χ4v) is 3.02. The van der Waals surface area contributed by atoms with Crippen molar-refractivity contribution >= 4 is 23.4 Å². The quantitative estimate of drug-likeness (QED) is 0.505. The van der Waals surface area contributed by atoms with Crippen LogP contribution >= 0.6 is 11.8 Å². The zero-order valence-corrected chi connectivity index (χ0v) is 17.2. The van der Waals surface area contributed by atoms with Crippen molar-refractivity contribution in [2.45, 2.75) is 52.1 Å². The van der Waals surface area contributed by atoms with Gasteiger partial charge in [-0.15, -0.1) is 5.10 Å². The van der Waals surface area contributed by atoms with Crippen molar-refractivity contribution in [1.82, 2.24) is 24.9 Å². The third kappa shape index (κ3) is 5.67. The number of fused-ring (bicyclic) bond motifs is 1. The van der Waals surface area contributed by atoms with Crippen LogP contribution in [0.5, 0.6) is 0 Å². The molecule has 26 heavy (non-hydrogen) atoms. The Balaban J connectivity index is 1.84. The Morgan fingerprint density at radius 1 is 1.31 bits per heavy atom. The van der Waals surface area contributed by atoms with E-state index < -0.39 is 0 Å². The normalized spacial score (nSPS) is 11.5. The van der Waals surface area contributed by atoms with E-state index in [1.54, 1.807) is 4.52 Å². The molecule has 0 aliphatic heterocycles. The first-order valence-corrected chi connectivity index (χ1v) is 10.3. The minimum atomic E-state index is 0.0520. The Labute approximate surface area is 159 Å². The Hall–Kier alpha value is -1.67. The summed E-state index contributed by atoms with van der Waals surface area (Å²) >= 11 is 1.49. The molecule has 2 aromatic heterocycles. The third-order valence-corrected chi connectivity index (χ3v) is 4.59. The van der Waals surface area contributed by atoms with Gasteiger partial charge >= 0.3 is 0 Å². The van der Waals surface area contributed by atoms with Crippen molar-refractivity contribution in [2.75, 3.05) is 26.0 Å². The maximum Gasteiger partial charge on any atom is 0.253 e. The lowest BCUT2D eigenvalue weighted by atomic mass is 10.1. The second-order valence-corrected chi connectivity index (χ2v) is 7.52. The highest BCUT2D eigenvalue weighted by atomic mass is 32.2. The van der Waals surface area contributed by atoms with Crippen LogP contribution in [0.3, 0.4) is 0 Å². The molecule has 8 heteroatoms. The molecule has 144 valence electrons.